The Hall–Kier alpha value is -2.01. The van der Waals surface area contributed by atoms with Gasteiger partial charge in [-0.3, -0.25) is 0 Å². The molecule has 0 spiro atoms. The molecule has 0 saturated carbocycles. The van der Waals surface area contributed by atoms with Gasteiger partial charge >= 0.3 is 0 Å². The predicted molar refractivity (Wildman–Crippen MR) is 109 cm³/mol. The Morgan fingerprint density at radius 2 is 1.83 bits per heavy atom. The van der Waals surface area contributed by atoms with Crippen LogP contribution >= 0.6 is 0 Å². The zero-order chi connectivity index (χ0) is 20.8. The first-order valence-corrected chi connectivity index (χ1v) is 10.6. The summed E-state index contributed by atoms with van der Waals surface area (Å²) in [6, 6.07) is 7.42. The van der Waals surface area contributed by atoms with Gasteiger partial charge in [0, 0.05) is 11.5 Å². The maximum Gasteiger partial charge on any atom is 0.201 e. The monoisotopic (exact) mass is 406 g/mol. The quantitative estimate of drug-likeness (QED) is 0.469. The van der Waals surface area contributed by atoms with Crippen molar-refractivity contribution in [2.24, 2.45) is 0 Å². The summed E-state index contributed by atoms with van der Waals surface area (Å²) in [6.45, 7) is 4.84. The molecule has 2 nitrogen and oxygen atoms in total. The summed E-state index contributed by atoms with van der Waals surface area (Å²) in [7, 11) is 0. The van der Waals surface area contributed by atoms with Gasteiger partial charge in [-0.05, 0) is 55.0 Å². The van der Waals surface area contributed by atoms with Gasteiger partial charge in [-0.2, -0.15) is 4.39 Å². The van der Waals surface area contributed by atoms with Crippen LogP contribution < -0.4 is 4.74 Å². The van der Waals surface area contributed by atoms with E-state index in [1.165, 1.54) is 18.2 Å². The van der Waals surface area contributed by atoms with Crippen LogP contribution in [0.5, 0.6) is 5.75 Å². The van der Waals surface area contributed by atoms with Crippen LogP contribution in [0.25, 0.3) is 11.1 Å². The molecule has 158 valence electrons. The summed E-state index contributed by atoms with van der Waals surface area (Å²) >= 11 is 0. The molecule has 1 aliphatic heterocycles. The average molecular weight is 406 g/mol. The summed E-state index contributed by atoms with van der Waals surface area (Å²) in [6.07, 6.45) is 6.08. The van der Waals surface area contributed by atoms with Crippen molar-refractivity contribution in [2.45, 2.75) is 64.4 Å². The van der Waals surface area contributed by atoms with Crippen molar-refractivity contribution in [3.05, 3.63) is 53.3 Å². The van der Waals surface area contributed by atoms with Crippen LogP contribution in [0.3, 0.4) is 0 Å². The first-order valence-electron chi connectivity index (χ1n) is 10.6. The van der Waals surface area contributed by atoms with E-state index in [-0.39, 0.29) is 23.3 Å². The van der Waals surface area contributed by atoms with Gasteiger partial charge in [-0.15, -0.1) is 0 Å². The number of hydrogen-bond donors (Lipinski definition) is 0. The van der Waals surface area contributed by atoms with E-state index in [2.05, 4.69) is 6.92 Å². The van der Waals surface area contributed by atoms with Gasteiger partial charge < -0.3 is 9.47 Å². The SMILES string of the molecule is CCCCC1CCC(c2ccc(-c3ccc(OCCC)c(F)c3F)cc2F)CO1. The molecule has 0 aromatic heterocycles. The number of rotatable bonds is 8. The summed E-state index contributed by atoms with van der Waals surface area (Å²) < 4.78 is 54.7. The first-order chi connectivity index (χ1) is 14.0. The predicted octanol–water partition coefficient (Wildman–Crippen LogP) is 7.01. The summed E-state index contributed by atoms with van der Waals surface area (Å²) in [4.78, 5) is 0. The standard InChI is InChI=1S/C24H29F3O2/c1-3-5-6-18-9-7-17(15-29-18)19-10-8-16(14-21(19)25)20-11-12-22(28-13-4-2)24(27)23(20)26/h8,10-12,14,17-18H,3-7,9,13,15H2,1-2H3. The Bertz CT molecular complexity index is 814. The highest BCUT2D eigenvalue weighted by Crippen LogP contribution is 2.35. The lowest BCUT2D eigenvalue weighted by atomic mass is 9.88. The third kappa shape index (κ3) is 5.13. The molecule has 29 heavy (non-hydrogen) atoms. The van der Waals surface area contributed by atoms with Gasteiger partial charge in [-0.1, -0.05) is 38.8 Å². The fourth-order valence-electron chi connectivity index (χ4n) is 3.81. The molecule has 1 heterocycles. The molecule has 2 aromatic rings. The molecular formula is C24H29F3O2. The van der Waals surface area contributed by atoms with Crippen LogP contribution in [-0.2, 0) is 4.74 Å². The molecule has 1 fully saturated rings. The van der Waals surface area contributed by atoms with Gasteiger partial charge in [0.1, 0.15) is 5.82 Å². The Morgan fingerprint density at radius 1 is 1.00 bits per heavy atom. The minimum Gasteiger partial charge on any atom is -0.490 e. The topological polar surface area (TPSA) is 18.5 Å². The highest BCUT2D eigenvalue weighted by atomic mass is 19.2. The van der Waals surface area contributed by atoms with Crippen LogP contribution in [0.1, 0.15) is 63.9 Å². The Labute approximate surface area is 171 Å². The molecule has 0 amide bonds. The number of ether oxygens (including phenoxy) is 2. The molecule has 1 aliphatic rings. The van der Waals surface area contributed by atoms with Gasteiger partial charge in [0.05, 0.1) is 19.3 Å². The van der Waals surface area contributed by atoms with Gasteiger partial charge in [0.2, 0.25) is 5.82 Å². The van der Waals surface area contributed by atoms with Crippen LogP contribution in [0.15, 0.2) is 30.3 Å². The second-order valence-electron chi connectivity index (χ2n) is 7.70. The second kappa shape index (κ2) is 10.1. The van der Waals surface area contributed by atoms with Crippen molar-refractivity contribution < 1.29 is 22.6 Å². The lowest BCUT2D eigenvalue weighted by Crippen LogP contribution is -2.25. The Morgan fingerprint density at radius 3 is 2.48 bits per heavy atom. The zero-order valence-corrected chi connectivity index (χ0v) is 17.1. The third-order valence-corrected chi connectivity index (χ3v) is 5.51. The number of halogens is 3. The van der Waals surface area contributed by atoms with Crippen LogP contribution in [-0.4, -0.2) is 19.3 Å². The van der Waals surface area contributed by atoms with Crippen molar-refractivity contribution in [1.82, 2.24) is 0 Å². The average Bonchev–Trinajstić information content (AvgIpc) is 2.74. The van der Waals surface area contributed by atoms with Crippen molar-refractivity contribution in [2.75, 3.05) is 13.2 Å². The lowest BCUT2D eigenvalue weighted by Gasteiger charge is -2.29. The van der Waals surface area contributed by atoms with Crippen molar-refractivity contribution in [3.63, 3.8) is 0 Å². The minimum absolute atomic E-state index is 0.00618. The van der Waals surface area contributed by atoms with Crippen molar-refractivity contribution >= 4 is 0 Å². The number of benzene rings is 2. The molecule has 0 bridgehead atoms. The van der Waals surface area contributed by atoms with Gasteiger partial charge in [-0.25, -0.2) is 8.78 Å². The van der Waals surface area contributed by atoms with E-state index in [0.29, 0.717) is 30.8 Å². The maximum absolute atomic E-state index is 14.8. The largest absolute Gasteiger partial charge is 0.490 e. The highest BCUT2D eigenvalue weighted by Gasteiger charge is 2.25. The highest BCUT2D eigenvalue weighted by molar-refractivity contribution is 5.66. The maximum atomic E-state index is 14.8. The summed E-state index contributed by atoms with van der Waals surface area (Å²) in [5, 5.41) is 0. The second-order valence-corrected chi connectivity index (χ2v) is 7.70. The molecule has 2 atom stereocenters. The fraction of sp³-hybridized carbons (Fsp3) is 0.500. The van der Waals surface area contributed by atoms with E-state index in [4.69, 9.17) is 9.47 Å². The van der Waals surface area contributed by atoms with Crippen LogP contribution in [0.4, 0.5) is 13.2 Å². The molecule has 5 heteroatoms. The Kier molecular flexibility index (Phi) is 7.59. The Balaban J connectivity index is 1.74. The van der Waals surface area contributed by atoms with Crippen molar-refractivity contribution in [3.8, 4) is 16.9 Å². The molecule has 0 aliphatic carbocycles. The number of unbranched alkanes of at least 4 members (excludes halogenated alkanes) is 1. The molecule has 3 rings (SSSR count). The van der Waals surface area contributed by atoms with Crippen LogP contribution in [0.2, 0.25) is 0 Å². The van der Waals surface area contributed by atoms with E-state index in [1.807, 2.05) is 6.92 Å². The first kappa shape index (κ1) is 21.7. The van der Waals surface area contributed by atoms with Gasteiger partial charge in [0.15, 0.2) is 11.6 Å². The molecule has 2 unspecified atom stereocenters. The summed E-state index contributed by atoms with van der Waals surface area (Å²) in [5.41, 5.74) is 0.907. The van der Waals surface area contributed by atoms with E-state index >= 15 is 0 Å². The van der Waals surface area contributed by atoms with E-state index in [1.54, 1.807) is 12.1 Å². The summed E-state index contributed by atoms with van der Waals surface area (Å²) in [5.74, 6) is -2.60. The zero-order valence-electron chi connectivity index (χ0n) is 17.1. The third-order valence-electron chi connectivity index (χ3n) is 5.51. The smallest absolute Gasteiger partial charge is 0.201 e. The molecule has 2 aromatic carbocycles. The fourth-order valence-corrected chi connectivity index (χ4v) is 3.81. The minimum atomic E-state index is -1.04. The van der Waals surface area contributed by atoms with E-state index in [9.17, 15) is 13.2 Å². The normalized spacial score (nSPS) is 19.3. The molecule has 1 saturated heterocycles. The molecule has 0 radical (unpaired) electrons. The van der Waals surface area contributed by atoms with E-state index < -0.39 is 17.5 Å². The van der Waals surface area contributed by atoms with Crippen LogP contribution in [0, 0.1) is 17.5 Å². The molecular weight excluding hydrogens is 377 g/mol. The lowest BCUT2D eigenvalue weighted by molar-refractivity contribution is -0.00249. The molecule has 0 N–H and O–H groups in total. The van der Waals surface area contributed by atoms with Gasteiger partial charge in [0.25, 0.3) is 0 Å². The van der Waals surface area contributed by atoms with Crippen molar-refractivity contribution in [1.29, 1.82) is 0 Å². The number of hydrogen-bond acceptors (Lipinski definition) is 2. The van der Waals surface area contributed by atoms with E-state index in [0.717, 1.165) is 32.1 Å².